The monoisotopic (exact) mass is 305 g/mol. The molecule has 1 N–H and O–H groups in total. The molecule has 0 aromatic heterocycles. The Morgan fingerprint density at radius 2 is 1.91 bits per heavy atom. The minimum absolute atomic E-state index is 0.180. The van der Waals surface area contributed by atoms with Crippen LogP contribution in [0, 0.1) is 5.92 Å². The number of nitrogens with one attached hydrogen (secondary N) is 1. The molecule has 5 nitrogen and oxygen atoms in total. The Morgan fingerprint density at radius 3 is 2.50 bits per heavy atom. The molecule has 1 unspecified atom stereocenters. The molecule has 0 spiro atoms. The minimum atomic E-state index is -0.897. The number of esters is 2. The fraction of sp³-hybridized carbons (Fsp3) is 0.529. The van der Waals surface area contributed by atoms with Gasteiger partial charge in [-0.05, 0) is 31.9 Å². The van der Waals surface area contributed by atoms with Crippen molar-refractivity contribution in [2.24, 2.45) is 5.92 Å². The van der Waals surface area contributed by atoms with E-state index in [9.17, 15) is 9.59 Å². The molecule has 1 saturated carbocycles. The Labute approximate surface area is 131 Å². The van der Waals surface area contributed by atoms with E-state index < -0.39 is 18.0 Å². The van der Waals surface area contributed by atoms with E-state index in [4.69, 9.17) is 9.47 Å². The first-order valence-electron chi connectivity index (χ1n) is 7.68. The summed E-state index contributed by atoms with van der Waals surface area (Å²) in [6, 6.07) is 9.04. The Hall–Kier alpha value is -1.88. The van der Waals surface area contributed by atoms with Crippen LogP contribution in [0.2, 0.25) is 0 Å². The third kappa shape index (κ3) is 5.15. The highest BCUT2D eigenvalue weighted by Crippen LogP contribution is 2.33. The van der Waals surface area contributed by atoms with E-state index >= 15 is 0 Å². The maximum atomic E-state index is 12.0. The fourth-order valence-electron chi connectivity index (χ4n) is 2.17. The fourth-order valence-corrected chi connectivity index (χ4v) is 2.17. The predicted molar refractivity (Wildman–Crippen MR) is 82.0 cm³/mol. The van der Waals surface area contributed by atoms with Gasteiger partial charge in [-0.15, -0.1) is 0 Å². The van der Waals surface area contributed by atoms with Crippen LogP contribution < -0.4 is 5.32 Å². The van der Waals surface area contributed by atoms with Crippen LogP contribution >= 0.6 is 0 Å². The average molecular weight is 305 g/mol. The van der Waals surface area contributed by atoms with Crippen LogP contribution in [0.15, 0.2) is 30.3 Å². The molecular weight excluding hydrogens is 282 g/mol. The summed E-state index contributed by atoms with van der Waals surface area (Å²) in [6.45, 7) is 1.72. The summed E-state index contributed by atoms with van der Waals surface area (Å²) in [7, 11) is 1.73. The third-order valence-electron chi connectivity index (χ3n) is 3.75. The summed E-state index contributed by atoms with van der Waals surface area (Å²) in [4.78, 5) is 23.9. The van der Waals surface area contributed by atoms with Crippen molar-refractivity contribution in [3.05, 3.63) is 35.9 Å². The predicted octanol–water partition coefficient (Wildman–Crippen LogP) is 2.05. The molecule has 0 saturated heterocycles. The lowest BCUT2D eigenvalue weighted by Crippen LogP contribution is -2.39. The van der Waals surface area contributed by atoms with Gasteiger partial charge in [-0.25, -0.2) is 4.79 Å². The Kier molecular flexibility index (Phi) is 5.95. The van der Waals surface area contributed by atoms with Crippen LogP contribution in [0.5, 0.6) is 0 Å². The second-order valence-corrected chi connectivity index (χ2v) is 5.69. The molecular formula is C17H23NO4. The molecule has 0 heterocycles. The molecule has 1 aromatic rings. The number of carbonyl (C=O) groups excluding carboxylic acids is 2. The lowest BCUT2D eigenvalue weighted by atomic mass is 10.1. The first-order chi connectivity index (χ1) is 10.6. The second-order valence-electron chi connectivity index (χ2n) is 5.69. The highest BCUT2D eigenvalue weighted by molar-refractivity contribution is 5.81. The smallest absolute Gasteiger partial charge is 0.347 e. The maximum Gasteiger partial charge on any atom is 0.347 e. The SMILES string of the molecule is CN[C@H](CC1CC1)C(=O)OC(C)C(=O)OCc1ccccc1. The largest absolute Gasteiger partial charge is 0.458 e. The topological polar surface area (TPSA) is 64.6 Å². The van der Waals surface area contributed by atoms with Crippen LogP contribution in [0.4, 0.5) is 0 Å². The van der Waals surface area contributed by atoms with Crippen molar-refractivity contribution in [3.8, 4) is 0 Å². The molecule has 1 aliphatic carbocycles. The number of hydrogen-bond donors (Lipinski definition) is 1. The molecule has 2 atom stereocenters. The normalized spacial score (nSPS) is 16.6. The first-order valence-corrected chi connectivity index (χ1v) is 7.68. The molecule has 1 aliphatic rings. The zero-order valence-electron chi connectivity index (χ0n) is 13.1. The Bertz CT molecular complexity index is 499. The molecule has 5 heteroatoms. The summed E-state index contributed by atoms with van der Waals surface area (Å²) < 4.78 is 10.4. The summed E-state index contributed by atoms with van der Waals surface area (Å²) in [6.07, 6.45) is 2.20. The zero-order valence-corrected chi connectivity index (χ0v) is 13.1. The highest BCUT2D eigenvalue weighted by Gasteiger charge is 2.31. The standard InChI is InChI=1S/C17H23NO4/c1-12(16(19)21-11-14-6-4-3-5-7-14)22-17(20)15(18-2)10-13-8-9-13/h3-7,12-13,15,18H,8-11H2,1-2H3/t12?,15-/m1/s1. The number of benzene rings is 1. The molecule has 2 rings (SSSR count). The second kappa shape index (κ2) is 7.94. The molecule has 0 aliphatic heterocycles. The number of rotatable bonds is 8. The van der Waals surface area contributed by atoms with Crippen LogP contribution in [0.1, 0.15) is 31.7 Å². The first kappa shape index (κ1) is 16.5. The number of likely N-dealkylation sites (N-methyl/N-ethyl adjacent to an activating group) is 1. The molecule has 1 fully saturated rings. The van der Waals surface area contributed by atoms with Crippen molar-refractivity contribution in [2.45, 2.75) is 44.9 Å². The third-order valence-corrected chi connectivity index (χ3v) is 3.75. The summed E-state index contributed by atoms with van der Waals surface area (Å²) in [5, 5.41) is 2.95. The molecule has 0 radical (unpaired) electrons. The van der Waals surface area contributed by atoms with E-state index in [-0.39, 0.29) is 12.6 Å². The van der Waals surface area contributed by atoms with E-state index in [0.717, 1.165) is 12.0 Å². The quantitative estimate of drug-likeness (QED) is 0.745. The highest BCUT2D eigenvalue weighted by atomic mass is 16.6. The molecule has 120 valence electrons. The van der Waals surface area contributed by atoms with E-state index in [0.29, 0.717) is 5.92 Å². The van der Waals surface area contributed by atoms with Crippen molar-refractivity contribution in [1.29, 1.82) is 0 Å². The molecule has 0 bridgehead atoms. The van der Waals surface area contributed by atoms with E-state index in [2.05, 4.69) is 5.32 Å². The van der Waals surface area contributed by atoms with Gasteiger partial charge in [0, 0.05) is 0 Å². The van der Waals surface area contributed by atoms with E-state index in [1.54, 1.807) is 7.05 Å². The maximum absolute atomic E-state index is 12.0. The number of hydrogen-bond acceptors (Lipinski definition) is 5. The van der Waals surface area contributed by atoms with Gasteiger partial charge in [0.25, 0.3) is 0 Å². The Morgan fingerprint density at radius 1 is 1.23 bits per heavy atom. The van der Waals surface area contributed by atoms with E-state index in [1.807, 2.05) is 30.3 Å². The average Bonchev–Trinajstić information content (AvgIpc) is 3.35. The number of ether oxygens (including phenoxy) is 2. The minimum Gasteiger partial charge on any atom is -0.458 e. The molecule has 22 heavy (non-hydrogen) atoms. The van der Waals surface area contributed by atoms with Crippen molar-refractivity contribution < 1.29 is 19.1 Å². The molecule has 0 amide bonds. The summed E-state index contributed by atoms with van der Waals surface area (Å²) in [5.41, 5.74) is 0.899. The van der Waals surface area contributed by atoms with E-state index in [1.165, 1.54) is 19.8 Å². The van der Waals surface area contributed by atoms with Crippen molar-refractivity contribution >= 4 is 11.9 Å². The van der Waals surface area contributed by atoms with Gasteiger partial charge in [-0.3, -0.25) is 4.79 Å². The van der Waals surface area contributed by atoms with Crippen molar-refractivity contribution in [2.75, 3.05) is 7.05 Å². The van der Waals surface area contributed by atoms with Crippen LogP contribution in [0.25, 0.3) is 0 Å². The summed E-state index contributed by atoms with van der Waals surface area (Å²) >= 11 is 0. The molecule has 1 aromatic carbocycles. The van der Waals surface area contributed by atoms with Gasteiger partial charge in [0.1, 0.15) is 12.6 Å². The van der Waals surface area contributed by atoms with Crippen LogP contribution in [0.3, 0.4) is 0 Å². The number of carbonyl (C=O) groups is 2. The lowest BCUT2D eigenvalue weighted by Gasteiger charge is -2.18. The van der Waals surface area contributed by atoms with Crippen molar-refractivity contribution in [3.63, 3.8) is 0 Å². The van der Waals surface area contributed by atoms with Gasteiger partial charge in [-0.1, -0.05) is 43.2 Å². The van der Waals surface area contributed by atoms with Crippen molar-refractivity contribution in [1.82, 2.24) is 5.32 Å². The van der Waals surface area contributed by atoms with Crippen LogP contribution in [-0.2, 0) is 25.7 Å². The van der Waals surface area contributed by atoms with Crippen LogP contribution in [-0.4, -0.2) is 31.1 Å². The van der Waals surface area contributed by atoms with Gasteiger partial charge in [0.15, 0.2) is 6.10 Å². The summed E-state index contributed by atoms with van der Waals surface area (Å²) in [5.74, 6) is -0.317. The van der Waals surface area contributed by atoms with Gasteiger partial charge in [0.2, 0.25) is 0 Å². The zero-order chi connectivity index (χ0) is 15.9. The van der Waals surface area contributed by atoms with Gasteiger partial charge >= 0.3 is 11.9 Å². The van der Waals surface area contributed by atoms with Gasteiger partial charge in [0.05, 0.1) is 0 Å². The lowest BCUT2D eigenvalue weighted by molar-refractivity contribution is -0.168. The van der Waals surface area contributed by atoms with Gasteiger partial charge < -0.3 is 14.8 Å². The Balaban J connectivity index is 1.75. The van der Waals surface area contributed by atoms with Gasteiger partial charge in [-0.2, -0.15) is 0 Å².